The fraction of sp³-hybridized carbons (Fsp3) is 0. The molecule has 98 valence electrons. The molecular weight excluding hydrogens is 340 g/mol. The highest BCUT2D eigenvalue weighted by Gasteiger charge is 2.16. The maximum atomic E-state index is 13.0. The van der Waals surface area contributed by atoms with E-state index < -0.39 is 11.8 Å². The molecule has 0 atom stereocenters. The van der Waals surface area contributed by atoms with E-state index in [2.05, 4.69) is 20.9 Å². The largest absolute Gasteiger partial charge is 0.477 e. The average Bonchev–Trinajstić information content (AvgIpc) is 2.35. The lowest BCUT2D eigenvalue weighted by molar-refractivity contribution is 0.0692. The van der Waals surface area contributed by atoms with Crippen LogP contribution in [0.15, 0.2) is 34.9 Å². The molecule has 0 unspecified atom stereocenters. The van der Waals surface area contributed by atoms with Gasteiger partial charge in [-0.05, 0) is 24.3 Å². The summed E-state index contributed by atoms with van der Waals surface area (Å²) in [5, 5.41) is 9.25. The Labute approximate surface area is 120 Å². The van der Waals surface area contributed by atoms with Crippen molar-refractivity contribution in [3.05, 3.63) is 51.3 Å². The van der Waals surface area contributed by atoms with E-state index in [4.69, 9.17) is 21.4 Å². The van der Waals surface area contributed by atoms with Crippen LogP contribution >= 0.6 is 27.5 Å². The van der Waals surface area contributed by atoms with E-state index in [9.17, 15) is 9.18 Å². The van der Waals surface area contributed by atoms with Gasteiger partial charge in [0.15, 0.2) is 0 Å². The summed E-state index contributed by atoms with van der Waals surface area (Å²) in [5.41, 5.74) is -0.379. The minimum absolute atomic E-state index is 0.220. The lowest BCUT2D eigenvalue weighted by atomic mass is 10.2. The summed E-state index contributed by atoms with van der Waals surface area (Å²) in [7, 11) is 0. The zero-order valence-electron chi connectivity index (χ0n) is 9.23. The van der Waals surface area contributed by atoms with Crippen LogP contribution in [0.1, 0.15) is 10.4 Å². The summed E-state index contributed by atoms with van der Waals surface area (Å²) in [5.74, 6) is -2.11. The molecule has 19 heavy (non-hydrogen) atoms. The highest BCUT2D eigenvalue weighted by molar-refractivity contribution is 9.10. The van der Waals surface area contributed by atoms with Gasteiger partial charge < -0.3 is 9.84 Å². The van der Waals surface area contributed by atoms with Crippen LogP contribution in [0, 0.1) is 5.82 Å². The van der Waals surface area contributed by atoms with Crippen molar-refractivity contribution >= 4 is 33.5 Å². The van der Waals surface area contributed by atoms with Crippen LogP contribution < -0.4 is 4.74 Å². The van der Waals surface area contributed by atoms with Crippen molar-refractivity contribution in [2.45, 2.75) is 0 Å². The second-order valence-corrected chi connectivity index (χ2v) is 4.81. The fourth-order valence-electron chi connectivity index (χ4n) is 1.32. The van der Waals surface area contributed by atoms with Crippen LogP contribution in [-0.4, -0.2) is 16.1 Å². The van der Waals surface area contributed by atoms with Gasteiger partial charge in [0.1, 0.15) is 17.1 Å². The van der Waals surface area contributed by atoms with E-state index in [0.29, 0.717) is 4.47 Å². The van der Waals surface area contributed by atoms with E-state index in [1.54, 1.807) is 18.2 Å². The number of hydrogen-bond donors (Lipinski definition) is 1. The first-order valence-corrected chi connectivity index (χ1v) is 6.16. The van der Waals surface area contributed by atoms with Gasteiger partial charge in [-0.3, -0.25) is 0 Å². The number of hydrogen-bond acceptors (Lipinski definition) is 3. The summed E-state index contributed by atoms with van der Waals surface area (Å²) in [6.07, 6.45) is 0.869. The predicted octanol–water partition coefficient (Wildman–Crippen LogP) is 4.13. The zero-order valence-corrected chi connectivity index (χ0v) is 11.6. The highest BCUT2D eigenvalue weighted by Crippen LogP contribution is 2.32. The van der Waals surface area contributed by atoms with Gasteiger partial charge in [0.25, 0.3) is 0 Å². The van der Waals surface area contributed by atoms with Gasteiger partial charge >= 0.3 is 5.97 Å². The van der Waals surface area contributed by atoms with Crippen molar-refractivity contribution in [3.63, 3.8) is 0 Å². The van der Waals surface area contributed by atoms with Crippen LogP contribution in [0.2, 0.25) is 5.02 Å². The number of carboxylic acids is 1. The van der Waals surface area contributed by atoms with Gasteiger partial charge in [-0.2, -0.15) is 0 Å². The van der Waals surface area contributed by atoms with Crippen molar-refractivity contribution in [2.24, 2.45) is 0 Å². The van der Waals surface area contributed by atoms with Crippen molar-refractivity contribution in [2.75, 3.05) is 0 Å². The van der Waals surface area contributed by atoms with Crippen molar-refractivity contribution in [1.82, 2.24) is 4.98 Å². The van der Waals surface area contributed by atoms with Gasteiger partial charge in [-0.1, -0.05) is 27.5 Å². The van der Waals surface area contributed by atoms with E-state index in [1.165, 1.54) is 0 Å². The first-order chi connectivity index (χ1) is 8.97. The molecule has 2 rings (SSSR count). The van der Waals surface area contributed by atoms with Crippen LogP contribution in [0.5, 0.6) is 11.6 Å². The van der Waals surface area contributed by atoms with Crippen molar-refractivity contribution in [3.8, 4) is 11.6 Å². The molecule has 0 spiro atoms. The molecule has 0 aliphatic carbocycles. The van der Waals surface area contributed by atoms with Crippen LogP contribution in [-0.2, 0) is 0 Å². The predicted molar refractivity (Wildman–Crippen MR) is 70.4 cm³/mol. The average molecular weight is 347 g/mol. The molecule has 1 N–H and O–H groups in total. The summed E-state index contributed by atoms with van der Waals surface area (Å²) in [6, 6.07) is 5.66. The molecule has 2 aromatic rings. The van der Waals surface area contributed by atoms with Crippen LogP contribution in [0.3, 0.4) is 0 Å². The molecule has 0 radical (unpaired) electrons. The molecule has 0 saturated heterocycles. The van der Waals surface area contributed by atoms with E-state index >= 15 is 0 Å². The normalized spacial score (nSPS) is 10.3. The Balaban J connectivity index is 2.43. The summed E-state index contributed by atoms with van der Waals surface area (Å²) >= 11 is 9.15. The van der Waals surface area contributed by atoms with Crippen LogP contribution in [0.4, 0.5) is 4.39 Å². The lowest BCUT2D eigenvalue weighted by Crippen LogP contribution is -2.03. The third-order valence-corrected chi connectivity index (χ3v) is 2.95. The topological polar surface area (TPSA) is 59.4 Å². The maximum absolute atomic E-state index is 13.0. The molecule has 4 nitrogen and oxygen atoms in total. The third kappa shape index (κ3) is 3.21. The summed E-state index contributed by atoms with van der Waals surface area (Å²) in [6.45, 7) is 0. The van der Waals surface area contributed by atoms with Gasteiger partial charge in [0.2, 0.25) is 5.88 Å². The monoisotopic (exact) mass is 345 g/mol. The fourth-order valence-corrected chi connectivity index (χ4v) is 1.82. The Morgan fingerprint density at radius 1 is 1.42 bits per heavy atom. The third-order valence-electron chi connectivity index (χ3n) is 2.15. The Bertz CT molecular complexity index is 651. The number of carbonyl (C=O) groups is 1. The Hall–Kier alpha value is -1.66. The molecule has 0 aliphatic heterocycles. The van der Waals surface area contributed by atoms with Gasteiger partial charge in [-0.15, -0.1) is 0 Å². The summed E-state index contributed by atoms with van der Waals surface area (Å²) < 4.78 is 19.0. The first kappa shape index (κ1) is 13.8. The quantitative estimate of drug-likeness (QED) is 0.908. The number of rotatable bonds is 3. The molecular formula is C12H6BrClFNO3. The van der Waals surface area contributed by atoms with Gasteiger partial charge in [0, 0.05) is 4.47 Å². The molecule has 0 fully saturated rings. The van der Waals surface area contributed by atoms with Crippen molar-refractivity contribution in [1.29, 1.82) is 0 Å². The SMILES string of the molecule is O=C(O)c1cc(F)cnc1Oc1cc(Br)ccc1Cl. The molecule has 0 saturated carbocycles. The minimum Gasteiger partial charge on any atom is -0.477 e. The molecule has 1 heterocycles. The van der Waals surface area contributed by atoms with Gasteiger partial charge in [-0.25, -0.2) is 14.2 Å². The molecule has 1 aromatic heterocycles. The Morgan fingerprint density at radius 3 is 2.84 bits per heavy atom. The number of aromatic nitrogens is 1. The van der Waals surface area contributed by atoms with E-state index in [-0.39, 0.29) is 22.2 Å². The van der Waals surface area contributed by atoms with Crippen LogP contribution in [0.25, 0.3) is 0 Å². The second-order valence-electron chi connectivity index (χ2n) is 3.49. The number of ether oxygens (including phenoxy) is 1. The maximum Gasteiger partial charge on any atom is 0.341 e. The number of carboxylic acid groups (broad SMARTS) is 1. The first-order valence-electron chi connectivity index (χ1n) is 4.99. The standard InChI is InChI=1S/C12H6BrClFNO3/c13-6-1-2-9(14)10(3-6)19-11-8(12(17)18)4-7(15)5-16-11/h1-5H,(H,17,18). The minimum atomic E-state index is -1.34. The smallest absolute Gasteiger partial charge is 0.341 e. The highest BCUT2D eigenvalue weighted by atomic mass is 79.9. The molecule has 1 aromatic carbocycles. The number of halogens is 3. The Morgan fingerprint density at radius 2 is 2.16 bits per heavy atom. The number of nitrogens with zero attached hydrogens (tertiary/aromatic N) is 1. The van der Waals surface area contributed by atoms with E-state index in [1.807, 2.05) is 0 Å². The second kappa shape index (κ2) is 5.54. The van der Waals surface area contributed by atoms with Gasteiger partial charge in [0.05, 0.1) is 11.2 Å². The summed E-state index contributed by atoms with van der Waals surface area (Å²) in [4.78, 5) is 14.6. The number of aromatic carboxylic acids is 1. The lowest BCUT2D eigenvalue weighted by Gasteiger charge is -2.09. The number of pyridine rings is 1. The molecule has 7 heteroatoms. The Kier molecular flexibility index (Phi) is 4.01. The molecule has 0 aliphatic rings. The van der Waals surface area contributed by atoms with E-state index in [0.717, 1.165) is 12.3 Å². The zero-order chi connectivity index (χ0) is 14.0. The molecule has 0 bridgehead atoms. The molecule has 0 amide bonds. The number of benzene rings is 1. The van der Waals surface area contributed by atoms with Crippen molar-refractivity contribution < 1.29 is 19.0 Å².